The average molecular weight is 1980 g/mol. The van der Waals surface area contributed by atoms with E-state index in [1.54, 1.807) is 98.4 Å². The van der Waals surface area contributed by atoms with Crippen LogP contribution < -0.4 is 42.4 Å². The second-order valence-electron chi connectivity index (χ2n) is 42.5. The normalized spacial score (nSPS) is 20.3. The third-order valence-electron chi connectivity index (χ3n) is 25.0. The van der Waals surface area contributed by atoms with Gasteiger partial charge in [-0.2, -0.15) is 0 Å². The Kier molecular flexibility index (Phi) is 43.8. The summed E-state index contributed by atoms with van der Waals surface area (Å²) >= 11 is 0. The Labute approximate surface area is 849 Å². The molecule has 1 unspecified atom stereocenters. The van der Waals surface area contributed by atoms with Crippen LogP contribution in [-0.2, 0) is 93.5 Å². The van der Waals surface area contributed by atoms with Crippen molar-refractivity contribution in [3.8, 4) is 16.9 Å². The number of amides is 3. The fourth-order valence-electron chi connectivity index (χ4n) is 18.0. The fourth-order valence-corrected chi connectivity index (χ4v) is 20.7. The number of nitrogens with two attached hydrogens (primary N) is 1. The molecule has 0 spiro atoms. The van der Waals surface area contributed by atoms with Crippen LogP contribution in [0, 0.1) is 50.4 Å². The molecule has 0 aliphatic carbocycles. The summed E-state index contributed by atoms with van der Waals surface area (Å²) in [6.45, 7) is 33.9. The Morgan fingerprint density at radius 3 is 1.66 bits per heavy atom. The van der Waals surface area contributed by atoms with Gasteiger partial charge in [-0.05, 0) is 231 Å². The van der Waals surface area contributed by atoms with Crippen molar-refractivity contribution < 1.29 is 82.2 Å². The topological polar surface area (TPSA) is 370 Å². The van der Waals surface area contributed by atoms with E-state index in [0.29, 0.717) is 48.2 Å². The van der Waals surface area contributed by atoms with E-state index in [1.807, 2.05) is 120 Å². The first-order valence-electron chi connectivity index (χ1n) is 49.9. The Morgan fingerprint density at radius 2 is 1.08 bits per heavy atom. The molecule has 11 N–H and O–H groups in total. The van der Waals surface area contributed by atoms with Crippen molar-refractivity contribution >= 4 is 80.2 Å². The molecule has 2 aliphatic rings. The minimum absolute atomic E-state index is 0.0256. The lowest BCUT2D eigenvalue weighted by Gasteiger charge is -2.37. The molecular weight excluding hydrogens is 1830 g/mol. The van der Waals surface area contributed by atoms with Gasteiger partial charge in [0.05, 0.1) is 72.1 Å². The number of Topliss-reactive ketones (excluding diaryl/α,β-unsaturated/α-hetero) is 5. The van der Waals surface area contributed by atoms with Crippen LogP contribution in [0.1, 0.15) is 230 Å². The highest BCUT2D eigenvalue weighted by atomic mass is 33.1. The Bertz CT molecular complexity index is 5360. The van der Waals surface area contributed by atoms with E-state index in [2.05, 4.69) is 155 Å². The molecule has 14 atom stereocenters. The van der Waals surface area contributed by atoms with Gasteiger partial charge < -0.3 is 56.0 Å². The highest BCUT2D eigenvalue weighted by Crippen LogP contribution is 2.39. The van der Waals surface area contributed by atoms with Crippen molar-refractivity contribution in [1.29, 1.82) is 0 Å². The summed E-state index contributed by atoms with van der Waals surface area (Å²) in [4.78, 5) is 152. The lowest BCUT2D eigenvalue weighted by Crippen LogP contribution is -2.53. The minimum atomic E-state index is -1.66. The summed E-state index contributed by atoms with van der Waals surface area (Å²) in [6.07, 6.45) is -7.79. The zero-order chi connectivity index (χ0) is 104. The molecule has 8 aromatic carbocycles. The van der Waals surface area contributed by atoms with Gasteiger partial charge in [-0.25, -0.2) is 0 Å². The van der Waals surface area contributed by atoms with Crippen molar-refractivity contribution in [3.63, 3.8) is 0 Å². The summed E-state index contributed by atoms with van der Waals surface area (Å²) in [6, 6.07) is 63.3. The predicted octanol–water partition coefficient (Wildman–Crippen LogP) is 16.4. The first kappa shape index (κ1) is 115. The average Bonchev–Trinajstić information content (AvgIpc) is 0.834. The lowest BCUT2D eigenvalue weighted by molar-refractivity contribution is -0.158. The number of carbonyl (C=O) groups is 10. The molecule has 2 aliphatic heterocycles. The number of aryl methyl sites for hydroxylation is 3. The van der Waals surface area contributed by atoms with Gasteiger partial charge in [0.15, 0.2) is 28.9 Å². The van der Waals surface area contributed by atoms with Crippen LogP contribution in [0.5, 0.6) is 5.75 Å². The molecule has 27 heteroatoms. The highest BCUT2D eigenvalue weighted by Gasteiger charge is 2.44. The third-order valence-corrected chi connectivity index (χ3v) is 27.6. The molecule has 0 bridgehead atoms. The maximum absolute atomic E-state index is 15.7. The van der Waals surface area contributed by atoms with E-state index in [9.17, 15) is 24.9 Å². The number of benzene rings is 8. The van der Waals surface area contributed by atoms with Gasteiger partial charge in [-0.15, -0.1) is 0 Å². The second kappa shape index (κ2) is 54.0. The van der Waals surface area contributed by atoms with Crippen LogP contribution >= 0.6 is 21.6 Å². The molecule has 2 heterocycles. The van der Waals surface area contributed by atoms with Crippen LogP contribution in [0.15, 0.2) is 212 Å². The summed E-state index contributed by atoms with van der Waals surface area (Å²) in [7, 11) is 3.63. The van der Waals surface area contributed by atoms with Crippen LogP contribution in [0.3, 0.4) is 0 Å². The van der Waals surface area contributed by atoms with Gasteiger partial charge in [-0.3, -0.25) is 68.8 Å². The van der Waals surface area contributed by atoms with Crippen molar-refractivity contribution in [3.05, 3.63) is 268 Å². The number of hydrogen-bond donors (Lipinski definition) is 10. The largest absolute Gasteiger partial charge is 0.488 e. The zero-order valence-electron chi connectivity index (χ0n) is 86.5. The van der Waals surface area contributed by atoms with Gasteiger partial charge in [-0.1, -0.05) is 252 Å². The van der Waals surface area contributed by atoms with Crippen molar-refractivity contribution in [2.45, 2.75) is 310 Å². The minimum Gasteiger partial charge on any atom is -0.488 e. The highest BCUT2D eigenvalue weighted by molar-refractivity contribution is 8.76. The van der Waals surface area contributed by atoms with Crippen molar-refractivity contribution in [2.24, 2.45) is 35.3 Å². The maximum atomic E-state index is 15.7. The van der Waals surface area contributed by atoms with Gasteiger partial charge in [0, 0.05) is 74.6 Å². The SMILES string of the molecule is CN[C@H](O)[C@H](CC(=O)OC(C)(C)C)CC(=O)[C@H](Cc1ccc(-c2ccccc2)cc1)NC(=O)[C@@H]1CSSC[C@H](CC(=O)[C@@H]2CCCN2[C@H](O)[C@@H](N)CC(C)C)C(=O)N[C@@H](CC(=O)OC(C)(C)C)C(=O)C[C@@H](Cc2ccc(OC(C)(C)C)cc2)C(=O)N[C@@H](Cc2ccc(C)cc2)C(=O)CC[C@@H](O)N[C@@H](C(C)OC(C)(C)C)C(=O)C1.Cc1ccc(C(NCc2cccc(C)c2)(c2ccccc2)c2ccccc2)cc1. The number of hydrogen-bond acceptors (Lipinski definition) is 24. The van der Waals surface area contributed by atoms with Crippen molar-refractivity contribution in [1.82, 2.24) is 36.8 Å². The molecule has 0 radical (unpaired) electrons. The summed E-state index contributed by atoms with van der Waals surface area (Å²) in [5.41, 5.74) is 14.9. The standard InChI is InChI=1S/C87H127N7O17S2.C28H27N/c1-52(2)40-65(88)83(107)94-39-21-24-69(94)73(98)46-62-50-112-113-51-63(82(106)91-67(43-57-29-33-59(34-30-57)58-22-19-18-20-23-58)71(96)45-61(79(103)89-17)48-76(101)110-86(11,12)13)47-74(99)78(54(4)108-84(5,6)7)93-75(100)38-37-70(95)66(42-56-27-25-53(3)26-28-56)90-80(104)60(41-55-31-35-64(36-32-55)109-85(8,9)10)44-72(97)68(92-81(62)105)49-77(102)111-87(14,15)16;1-22-16-18-27(19-17-22)28(25-12-5-3-6-13-25,26-14-7-4-8-15-26)29-21-24-11-9-10-23(2)20-24/h18-20,22-23,25-36,52,54,60-63,65-69,75,78-79,83,89,93,100,103,107H,21,24,37-51,88H2,1-17H3,(H,90,104)(H,91,106)(H,92,105);3-20,29H,21H2,1-2H3/t54?,60-,61+,62+,63+,65+,66+,67+,68+,69+,75-,78+,79-,83-;/m1./s1. The van der Waals surface area contributed by atoms with E-state index in [-0.39, 0.29) is 55.9 Å². The van der Waals surface area contributed by atoms with Gasteiger partial charge in [0.2, 0.25) is 17.7 Å². The second-order valence-corrected chi connectivity index (χ2v) is 45.1. The Morgan fingerprint density at radius 1 is 0.542 bits per heavy atom. The van der Waals surface area contributed by atoms with Gasteiger partial charge in [0.25, 0.3) is 0 Å². The number of aliphatic hydroxyl groups excluding tert-OH is 3. The summed E-state index contributed by atoms with van der Waals surface area (Å²) in [5, 5.41) is 53.7. The van der Waals surface area contributed by atoms with E-state index >= 15 is 38.4 Å². The monoisotopic (exact) mass is 1980 g/mol. The van der Waals surface area contributed by atoms with E-state index in [1.165, 1.54) is 40.4 Å². The number of likely N-dealkylation sites (tertiary alicyclic amines) is 1. The molecule has 768 valence electrons. The third kappa shape index (κ3) is 37.3. The number of nitrogens with one attached hydrogen (secondary N) is 6. The number of esters is 2. The van der Waals surface area contributed by atoms with Crippen LogP contribution in [0.4, 0.5) is 0 Å². The molecule has 2 saturated heterocycles. The van der Waals surface area contributed by atoms with Crippen LogP contribution in [0.25, 0.3) is 11.1 Å². The predicted molar refractivity (Wildman–Crippen MR) is 563 cm³/mol. The molecule has 0 saturated carbocycles. The zero-order valence-corrected chi connectivity index (χ0v) is 88.1. The maximum Gasteiger partial charge on any atom is 0.308 e. The quantitative estimate of drug-likeness (QED) is 0.00775. The number of ketones is 5. The first-order valence-corrected chi connectivity index (χ1v) is 52.4. The van der Waals surface area contributed by atoms with Crippen LogP contribution in [0.2, 0.25) is 0 Å². The number of ether oxygens (including phenoxy) is 4. The van der Waals surface area contributed by atoms with Gasteiger partial charge in [0.1, 0.15) is 41.2 Å². The van der Waals surface area contributed by atoms with E-state index in [0.717, 1.165) is 44.8 Å². The molecule has 10 rings (SSSR count). The smallest absolute Gasteiger partial charge is 0.308 e. The first-order chi connectivity index (χ1) is 67.0. The molecular formula is C115H154N8O17S2. The Hall–Kier alpha value is -10.4. The number of rotatable bonds is 34. The summed E-state index contributed by atoms with van der Waals surface area (Å²) in [5.74, 6) is -11.3. The number of aliphatic hydroxyl groups is 3. The van der Waals surface area contributed by atoms with E-state index < -0.39 is 203 Å². The van der Waals surface area contributed by atoms with Gasteiger partial charge >= 0.3 is 11.9 Å². The van der Waals surface area contributed by atoms with Crippen molar-refractivity contribution in [2.75, 3.05) is 25.1 Å². The fraction of sp³-hybridized carbons (Fsp3) is 0.496. The molecule has 3 amide bonds. The molecule has 8 aromatic rings. The molecule has 25 nitrogen and oxygen atoms in total. The van der Waals surface area contributed by atoms with Crippen LogP contribution in [-0.4, -0.2) is 187 Å². The number of carbonyl (C=O) groups excluding carboxylic acids is 10. The summed E-state index contributed by atoms with van der Waals surface area (Å²) < 4.78 is 24.0. The Balaban J connectivity index is 0.000000653. The molecule has 2 fully saturated rings. The molecule has 0 aromatic heterocycles. The number of nitrogens with zero attached hydrogens (tertiary/aromatic N) is 1. The molecule has 142 heavy (non-hydrogen) atoms. The van der Waals surface area contributed by atoms with E-state index in [4.69, 9.17) is 24.7 Å². The lowest BCUT2D eigenvalue weighted by atomic mass is 9.76.